The average molecular weight is 329 g/mol. The number of aryl methyl sites for hydroxylation is 1. The normalized spacial score (nSPS) is 19.5. The second kappa shape index (κ2) is 5.78. The van der Waals surface area contributed by atoms with Crippen molar-refractivity contribution in [3.05, 3.63) is 22.7 Å². The number of fused-ring (bicyclic) bond motifs is 3. The van der Waals surface area contributed by atoms with Crippen molar-refractivity contribution in [2.24, 2.45) is 0 Å². The summed E-state index contributed by atoms with van der Waals surface area (Å²) in [7, 11) is 2.11. The Hall–Kier alpha value is -1.62. The SMILES string of the molecule is CCc1ccnc2sc3c(c12)N(C)CN(C1CCCCC1)C3=O. The van der Waals surface area contributed by atoms with Gasteiger partial charge in [0.05, 0.1) is 12.4 Å². The van der Waals surface area contributed by atoms with Crippen molar-refractivity contribution in [3.8, 4) is 0 Å². The van der Waals surface area contributed by atoms with E-state index in [1.165, 1.54) is 30.2 Å². The summed E-state index contributed by atoms with van der Waals surface area (Å²) in [4.78, 5) is 23.9. The molecule has 0 radical (unpaired) electrons. The Morgan fingerprint density at radius 2 is 2.09 bits per heavy atom. The summed E-state index contributed by atoms with van der Waals surface area (Å²) in [5.41, 5.74) is 2.39. The number of amides is 1. The molecule has 3 heterocycles. The van der Waals surface area contributed by atoms with Gasteiger partial charge in [0.15, 0.2) is 0 Å². The van der Waals surface area contributed by atoms with E-state index in [4.69, 9.17) is 0 Å². The molecule has 1 fully saturated rings. The molecule has 0 spiro atoms. The third-order valence-electron chi connectivity index (χ3n) is 5.25. The molecule has 122 valence electrons. The van der Waals surface area contributed by atoms with E-state index in [0.29, 0.717) is 12.7 Å². The molecule has 0 N–H and O–H groups in total. The summed E-state index contributed by atoms with van der Waals surface area (Å²) in [6.45, 7) is 2.87. The smallest absolute Gasteiger partial charge is 0.267 e. The molecule has 0 atom stereocenters. The molecule has 4 rings (SSSR count). The average Bonchev–Trinajstić information content (AvgIpc) is 2.99. The Morgan fingerprint density at radius 3 is 2.83 bits per heavy atom. The van der Waals surface area contributed by atoms with E-state index < -0.39 is 0 Å². The van der Waals surface area contributed by atoms with Crippen LogP contribution in [0.15, 0.2) is 12.3 Å². The van der Waals surface area contributed by atoms with Crippen LogP contribution in [0.3, 0.4) is 0 Å². The molecule has 0 aromatic carbocycles. The monoisotopic (exact) mass is 329 g/mol. The molecule has 0 saturated heterocycles. The van der Waals surface area contributed by atoms with Crippen molar-refractivity contribution in [1.29, 1.82) is 0 Å². The fourth-order valence-electron chi connectivity index (χ4n) is 4.04. The standard InChI is InChI=1S/C18H23N3OS/c1-3-12-9-10-19-17-14(12)15-16(23-17)18(22)21(11-20(15)2)13-7-5-4-6-8-13/h9-10,13H,3-8,11H2,1-2H3. The molecule has 2 aromatic rings. The topological polar surface area (TPSA) is 36.4 Å². The minimum Gasteiger partial charge on any atom is -0.355 e. The Balaban J connectivity index is 1.80. The molecule has 5 heteroatoms. The van der Waals surface area contributed by atoms with Crippen LogP contribution in [0.2, 0.25) is 0 Å². The van der Waals surface area contributed by atoms with Gasteiger partial charge in [-0.1, -0.05) is 26.2 Å². The van der Waals surface area contributed by atoms with Crippen molar-refractivity contribution in [2.45, 2.75) is 51.5 Å². The van der Waals surface area contributed by atoms with Gasteiger partial charge >= 0.3 is 0 Å². The molecular formula is C18H23N3OS. The van der Waals surface area contributed by atoms with Crippen molar-refractivity contribution in [2.75, 3.05) is 18.6 Å². The summed E-state index contributed by atoms with van der Waals surface area (Å²) in [5, 5.41) is 1.19. The maximum Gasteiger partial charge on any atom is 0.267 e. The maximum atomic E-state index is 13.1. The number of aromatic nitrogens is 1. The van der Waals surface area contributed by atoms with E-state index in [1.807, 2.05) is 6.20 Å². The van der Waals surface area contributed by atoms with Gasteiger partial charge in [0.25, 0.3) is 5.91 Å². The second-order valence-electron chi connectivity index (χ2n) is 6.69. The number of hydrogen-bond donors (Lipinski definition) is 0. The second-order valence-corrected chi connectivity index (χ2v) is 7.69. The van der Waals surface area contributed by atoms with Gasteiger partial charge in [0, 0.05) is 24.7 Å². The van der Waals surface area contributed by atoms with Crippen LogP contribution in [0.4, 0.5) is 5.69 Å². The van der Waals surface area contributed by atoms with Crippen molar-refractivity contribution in [1.82, 2.24) is 9.88 Å². The van der Waals surface area contributed by atoms with Gasteiger partial charge < -0.3 is 9.80 Å². The molecule has 1 saturated carbocycles. The highest BCUT2D eigenvalue weighted by atomic mass is 32.1. The largest absolute Gasteiger partial charge is 0.355 e. The van der Waals surface area contributed by atoms with Gasteiger partial charge in [-0.25, -0.2) is 4.98 Å². The van der Waals surface area contributed by atoms with Crippen LogP contribution in [0.25, 0.3) is 10.2 Å². The van der Waals surface area contributed by atoms with Gasteiger partial charge in [-0.2, -0.15) is 0 Å². The molecule has 23 heavy (non-hydrogen) atoms. The van der Waals surface area contributed by atoms with Crippen LogP contribution >= 0.6 is 11.3 Å². The minimum absolute atomic E-state index is 0.218. The number of hydrogen-bond acceptors (Lipinski definition) is 4. The fraction of sp³-hybridized carbons (Fsp3) is 0.556. The fourth-order valence-corrected chi connectivity index (χ4v) is 5.24. The van der Waals surface area contributed by atoms with Crippen LogP contribution in [0.1, 0.15) is 54.3 Å². The Morgan fingerprint density at radius 1 is 1.30 bits per heavy atom. The Kier molecular flexibility index (Phi) is 3.76. The van der Waals surface area contributed by atoms with E-state index in [2.05, 4.69) is 34.8 Å². The lowest BCUT2D eigenvalue weighted by Crippen LogP contribution is -2.50. The first-order valence-corrected chi connectivity index (χ1v) is 9.44. The van der Waals surface area contributed by atoms with Crippen molar-refractivity contribution in [3.63, 3.8) is 0 Å². The van der Waals surface area contributed by atoms with Gasteiger partial charge in [-0.15, -0.1) is 11.3 Å². The van der Waals surface area contributed by atoms with Gasteiger partial charge in [0.1, 0.15) is 9.71 Å². The molecule has 0 bridgehead atoms. The number of carbonyl (C=O) groups excluding carboxylic acids is 1. The quantitative estimate of drug-likeness (QED) is 0.834. The lowest BCUT2D eigenvalue weighted by molar-refractivity contribution is 0.0626. The van der Waals surface area contributed by atoms with Crippen LogP contribution in [-0.4, -0.2) is 35.5 Å². The Labute approximate surface area is 141 Å². The van der Waals surface area contributed by atoms with Crippen molar-refractivity contribution < 1.29 is 4.79 Å². The molecular weight excluding hydrogens is 306 g/mol. The number of thiophene rings is 1. The third-order valence-corrected chi connectivity index (χ3v) is 6.33. The summed E-state index contributed by atoms with van der Waals surface area (Å²) in [6.07, 6.45) is 8.95. The maximum absolute atomic E-state index is 13.1. The van der Waals surface area contributed by atoms with E-state index in [9.17, 15) is 4.79 Å². The molecule has 2 aliphatic rings. The van der Waals surface area contributed by atoms with Crippen molar-refractivity contribution >= 4 is 33.1 Å². The van der Waals surface area contributed by atoms with Crippen LogP contribution < -0.4 is 4.90 Å². The highest BCUT2D eigenvalue weighted by molar-refractivity contribution is 7.21. The zero-order valence-corrected chi connectivity index (χ0v) is 14.7. The zero-order valence-electron chi connectivity index (χ0n) is 13.8. The zero-order chi connectivity index (χ0) is 16.0. The first-order chi connectivity index (χ1) is 11.2. The molecule has 1 aliphatic carbocycles. The van der Waals surface area contributed by atoms with Gasteiger partial charge in [-0.3, -0.25) is 4.79 Å². The van der Waals surface area contributed by atoms with Crippen LogP contribution in [-0.2, 0) is 6.42 Å². The van der Waals surface area contributed by atoms with Crippen LogP contribution in [0, 0.1) is 0 Å². The predicted octanol–water partition coefficient (Wildman–Crippen LogP) is 4.04. The lowest BCUT2D eigenvalue weighted by atomic mass is 9.93. The minimum atomic E-state index is 0.218. The summed E-state index contributed by atoms with van der Waals surface area (Å²) in [5.74, 6) is 0.218. The van der Waals surface area contributed by atoms with Gasteiger partial charge in [0.2, 0.25) is 0 Å². The first-order valence-electron chi connectivity index (χ1n) is 8.63. The molecule has 1 aliphatic heterocycles. The summed E-state index contributed by atoms with van der Waals surface area (Å²) >= 11 is 1.56. The number of carbonyl (C=O) groups is 1. The number of anilines is 1. The highest BCUT2D eigenvalue weighted by Gasteiger charge is 2.36. The van der Waals surface area contributed by atoms with E-state index in [1.54, 1.807) is 11.3 Å². The Bertz CT molecular complexity index is 748. The number of rotatable bonds is 2. The number of pyridine rings is 1. The predicted molar refractivity (Wildman–Crippen MR) is 95.3 cm³/mol. The lowest BCUT2D eigenvalue weighted by Gasteiger charge is -2.40. The molecule has 4 nitrogen and oxygen atoms in total. The van der Waals surface area contributed by atoms with E-state index >= 15 is 0 Å². The van der Waals surface area contributed by atoms with E-state index in [-0.39, 0.29) is 5.91 Å². The molecule has 2 aromatic heterocycles. The third kappa shape index (κ3) is 2.33. The number of nitrogens with zero attached hydrogens (tertiary/aromatic N) is 3. The highest BCUT2D eigenvalue weighted by Crippen LogP contribution is 2.43. The molecule has 1 amide bonds. The van der Waals surface area contributed by atoms with E-state index in [0.717, 1.165) is 34.7 Å². The summed E-state index contributed by atoms with van der Waals surface area (Å²) in [6, 6.07) is 2.50. The van der Waals surface area contributed by atoms with Crippen LogP contribution in [0.5, 0.6) is 0 Å². The van der Waals surface area contributed by atoms with Gasteiger partial charge in [-0.05, 0) is 30.9 Å². The summed E-state index contributed by atoms with van der Waals surface area (Å²) < 4.78 is 0. The first kappa shape index (κ1) is 14.9. The molecule has 0 unspecified atom stereocenters.